The van der Waals surface area contributed by atoms with Crippen molar-refractivity contribution in [3.63, 3.8) is 0 Å². The van der Waals surface area contributed by atoms with E-state index in [1.165, 1.54) is 11.1 Å². The van der Waals surface area contributed by atoms with Crippen molar-refractivity contribution in [3.05, 3.63) is 70.5 Å². The number of alkyl halides is 1. The summed E-state index contributed by atoms with van der Waals surface area (Å²) >= 11 is 0. The van der Waals surface area contributed by atoms with Gasteiger partial charge in [0.15, 0.2) is 0 Å². The largest absolute Gasteiger partial charge is 0.334 e. The fourth-order valence-corrected chi connectivity index (χ4v) is 5.27. The first-order chi connectivity index (χ1) is 17.4. The van der Waals surface area contributed by atoms with Crippen molar-refractivity contribution in [2.45, 2.75) is 39.0 Å². The fourth-order valence-electron chi connectivity index (χ4n) is 5.27. The van der Waals surface area contributed by atoms with E-state index in [2.05, 4.69) is 62.7 Å². The number of hydrogen-bond donors (Lipinski definition) is 2. The van der Waals surface area contributed by atoms with E-state index >= 15 is 4.39 Å². The molecule has 2 aromatic heterocycles. The first-order valence-corrected chi connectivity index (χ1v) is 12.1. The summed E-state index contributed by atoms with van der Waals surface area (Å²) in [7, 11) is 0. The monoisotopic (exact) mass is 486 g/mol. The molecule has 6 rings (SSSR count). The maximum Gasteiger partial charge on any atom is 0.254 e. The van der Waals surface area contributed by atoms with Gasteiger partial charge in [-0.05, 0) is 55.3 Å². The van der Waals surface area contributed by atoms with Crippen LogP contribution in [0.25, 0.3) is 11.0 Å². The Bertz CT molecular complexity index is 1430. The minimum Gasteiger partial charge on any atom is -0.334 e. The Labute approximate surface area is 207 Å². The number of fused-ring (bicyclic) bond motifs is 2. The van der Waals surface area contributed by atoms with Crippen LogP contribution in [-0.2, 0) is 13.0 Å². The van der Waals surface area contributed by atoms with Gasteiger partial charge in [0.05, 0.1) is 23.8 Å². The van der Waals surface area contributed by atoms with E-state index in [1.54, 1.807) is 23.1 Å². The number of H-pyrrole nitrogens is 1. The van der Waals surface area contributed by atoms with E-state index in [9.17, 15) is 4.79 Å². The second-order valence-corrected chi connectivity index (χ2v) is 9.72. The topological polar surface area (TPSA) is 103 Å². The highest BCUT2D eigenvalue weighted by molar-refractivity contribution is 5.97. The molecule has 4 aromatic rings. The Hall–Kier alpha value is -3.92. The number of aromatic amines is 1. The Morgan fingerprint density at radius 2 is 1.97 bits per heavy atom. The summed E-state index contributed by atoms with van der Waals surface area (Å²) < 4.78 is 15.1. The van der Waals surface area contributed by atoms with E-state index < -0.39 is 6.17 Å². The molecule has 1 fully saturated rings. The highest BCUT2D eigenvalue weighted by Gasteiger charge is 2.40. The first kappa shape index (κ1) is 22.5. The summed E-state index contributed by atoms with van der Waals surface area (Å²) in [4.78, 5) is 26.0. The summed E-state index contributed by atoms with van der Waals surface area (Å²) in [5.41, 5.74) is 7.16. The number of nitrogens with zero attached hydrogens (tertiary/aromatic N) is 6. The SMILES string of the molecule is Cc1cc(C)cc(Nc2ncc3c(n2)CCN([C@@H]2CN(C(=O)c4ccc5[nH]nnc5c4)C[C@@H]2F)C3)c1. The third-order valence-corrected chi connectivity index (χ3v) is 6.99. The van der Waals surface area contributed by atoms with Crippen LogP contribution in [0.1, 0.15) is 32.7 Å². The van der Waals surface area contributed by atoms with Crippen molar-refractivity contribution < 1.29 is 9.18 Å². The van der Waals surface area contributed by atoms with E-state index in [1.807, 2.05) is 6.20 Å². The maximum absolute atomic E-state index is 15.1. The molecule has 2 aliphatic rings. The number of carbonyl (C=O) groups excluding carboxylic acids is 1. The van der Waals surface area contributed by atoms with Gasteiger partial charge in [0.25, 0.3) is 5.91 Å². The normalized spacial score (nSPS) is 20.0. The Morgan fingerprint density at radius 1 is 1.14 bits per heavy atom. The van der Waals surface area contributed by atoms with Crippen molar-refractivity contribution >= 4 is 28.6 Å². The van der Waals surface area contributed by atoms with Gasteiger partial charge in [-0.15, -0.1) is 5.10 Å². The number of amides is 1. The maximum atomic E-state index is 15.1. The third kappa shape index (κ3) is 4.28. The number of rotatable bonds is 4. The molecule has 2 N–H and O–H groups in total. The average molecular weight is 487 g/mol. The van der Waals surface area contributed by atoms with Gasteiger partial charge in [-0.1, -0.05) is 11.3 Å². The molecule has 4 heterocycles. The Morgan fingerprint density at radius 3 is 2.81 bits per heavy atom. The van der Waals surface area contributed by atoms with Crippen molar-refractivity contribution in [2.75, 3.05) is 25.0 Å². The molecule has 2 aliphatic heterocycles. The number of halogens is 1. The molecule has 0 aliphatic carbocycles. The summed E-state index contributed by atoms with van der Waals surface area (Å²) in [6.07, 6.45) is 1.43. The zero-order valence-electron chi connectivity index (χ0n) is 20.2. The second kappa shape index (κ2) is 8.94. The lowest BCUT2D eigenvalue weighted by atomic mass is 10.0. The minimum absolute atomic E-state index is 0.0823. The van der Waals surface area contributed by atoms with Crippen molar-refractivity contribution in [2.24, 2.45) is 0 Å². The first-order valence-electron chi connectivity index (χ1n) is 12.1. The lowest BCUT2D eigenvalue weighted by Crippen LogP contribution is -2.45. The summed E-state index contributed by atoms with van der Waals surface area (Å²) in [6.45, 7) is 5.80. The molecule has 1 saturated heterocycles. The highest BCUT2D eigenvalue weighted by atomic mass is 19.1. The van der Waals surface area contributed by atoms with Gasteiger partial charge in [-0.3, -0.25) is 14.8 Å². The van der Waals surface area contributed by atoms with Gasteiger partial charge >= 0.3 is 0 Å². The summed E-state index contributed by atoms with van der Waals surface area (Å²) in [5, 5.41) is 13.8. The van der Waals surface area contributed by atoms with Crippen LogP contribution < -0.4 is 5.32 Å². The lowest BCUT2D eigenvalue weighted by Gasteiger charge is -2.33. The summed E-state index contributed by atoms with van der Waals surface area (Å²) in [6, 6.07) is 11.1. The molecule has 0 bridgehead atoms. The number of likely N-dealkylation sites (tertiary alicyclic amines) is 1. The smallest absolute Gasteiger partial charge is 0.254 e. The summed E-state index contributed by atoms with van der Waals surface area (Å²) in [5.74, 6) is 0.380. The van der Waals surface area contributed by atoms with Crippen LogP contribution in [0, 0.1) is 13.8 Å². The zero-order chi connectivity index (χ0) is 24.8. The lowest BCUT2D eigenvalue weighted by molar-refractivity contribution is 0.0773. The van der Waals surface area contributed by atoms with Gasteiger partial charge < -0.3 is 10.2 Å². The van der Waals surface area contributed by atoms with Crippen LogP contribution in [0.3, 0.4) is 0 Å². The molecule has 184 valence electrons. The number of carbonyl (C=O) groups is 1. The number of aromatic nitrogens is 5. The molecule has 36 heavy (non-hydrogen) atoms. The van der Waals surface area contributed by atoms with Crippen molar-refractivity contribution in [1.29, 1.82) is 0 Å². The third-order valence-electron chi connectivity index (χ3n) is 6.99. The predicted octanol–water partition coefficient (Wildman–Crippen LogP) is 3.33. The van der Waals surface area contributed by atoms with Crippen LogP contribution >= 0.6 is 0 Å². The van der Waals surface area contributed by atoms with Crippen LogP contribution in [-0.4, -0.2) is 72.9 Å². The number of aryl methyl sites for hydroxylation is 2. The predicted molar refractivity (Wildman–Crippen MR) is 134 cm³/mol. The average Bonchev–Trinajstić information content (AvgIpc) is 3.48. The molecule has 0 radical (unpaired) electrons. The van der Waals surface area contributed by atoms with E-state index in [0.717, 1.165) is 22.5 Å². The zero-order valence-corrected chi connectivity index (χ0v) is 20.2. The second-order valence-electron chi connectivity index (χ2n) is 9.72. The van der Waals surface area contributed by atoms with Gasteiger partial charge in [0.2, 0.25) is 5.95 Å². The molecule has 0 spiro atoms. The number of nitrogens with one attached hydrogen (secondary N) is 2. The quantitative estimate of drug-likeness (QED) is 0.456. The molecule has 9 nitrogen and oxygen atoms in total. The van der Waals surface area contributed by atoms with Gasteiger partial charge in [-0.25, -0.2) is 14.4 Å². The molecule has 2 aromatic carbocycles. The van der Waals surface area contributed by atoms with Crippen LogP contribution in [0.2, 0.25) is 0 Å². The molecule has 10 heteroatoms. The van der Waals surface area contributed by atoms with Crippen molar-refractivity contribution in [3.8, 4) is 0 Å². The van der Waals surface area contributed by atoms with Crippen LogP contribution in [0.15, 0.2) is 42.6 Å². The van der Waals surface area contributed by atoms with Gasteiger partial charge in [0, 0.05) is 49.1 Å². The molecule has 0 saturated carbocycles. The fraction of sp³-hybridized carbons (Fsp3) is 0.346. The van der Waals surface area contributed by atoms with Crippen LogP contribution in [0.4, 0.5) is 16.0 Å². The minimum atomic E-state index is -1.11. The van der Waals surface area contributed by atoms with Crippen LogP contribution in [0.5, 0.6) is 0 Å². The molecule has 2 atom stereocenters. The highest BCUT2D eigenvalue weighted by Crippen LogP contribution is 2.27. The molecule has 0 unspecified atom stereocenters. The van der Waals surface area contributed by atoms with Gasteiger partial charge in [-0.2, -0.15) is 0 Å². The molecule has 1 amide bonds. The Balaban J connectivity index is 1.13. The van der Waals surface area contributed by atoms with E-state index in [0.29, 0.717) is 43.1 Å². The number of hydrogen-bond acceptors (Lipinski definition) is 7. The van der Waals surface area contributed by atoms with E-state index in [-0.39, 0.29) is 18.5 Å². The number of anilines is 2. The number of benzene rings is 2. The van der Waals surface area contributed by atoms with E-state index in [4.69, 9.17) is 4.98 Å². The Kier molecular flexibility index (Phi) is 5.60. The van der Waals surface area contributed by atoms with Crippen molar-refractivity contribution in [1.82, 2.24) is 35.2 Å². The molecular weight excluding hydrogens is 459 g/mol. The molecular formula is C26H27FN8O. The van der Waals surface area contributed by atoms with Gasteiger partial charge in [0.1, 0.15) is 11.7 Å². The standard InChI is InChI=1S/C26H27FN8O/c1-15-7-16(2)9-19(8-15)29-26-28-11-18-12-34(6-5-21(18)30-26)24-14-35(13-20(24)27)25(36)17-3-4-22-23(10-17)32-33-31-22/h3-4,7-11,20,24H,5-6,12-14H2,1-2H3,(H,28,29,30)(H,31,32,33)/t20-,24+/m0/s1.